The fourth-order valence-corrected chi connectivity index (χ4v) is 1.93. The predicted octanol–water partition coefficient (Wildman–Crippen LogP) is 2.48. The zero-order valence-corrected chi connectivity index (χ0v) is 12.8. The van der Waals surface area contributed by atoms with Crippen molar-refractivity contribution in [3.05, 3.63) is 18.2 Å². The van der Waals surface area contributed by atoms with Gasteiger partial charge in [0.05, 0.1) is 5.69 Å². The van der Waals surface area contributed by atoms with Gasteiger partial charge in [-0.05, 0) is 39.8 Å². The van der Waals surface area contributed by atoms with Gasteiger partial charge in [0.1, 0.15) is 22.7 Å². The van der Waals surface area contributed by atoms with Gasteiger partial charge >= 0.3 is 6.09 Å². The highest BCUT2D eigenvalue weighted by atomic mass is 16.6. The average Bonchev–Trinajstić information content (AvgIpc) is 2.28. The Morgan fingerprint density at radius 3 is 2.57 bits per heavy atom. The maximum absolute atomic E-state index is 11.9. The van der Waals surface area contributed by atoms with Crippen molar-refractivity contribution in [3.8, 4) is 11.5 Å². The van der Waals surface area contributed by atoms with Gasteiger partial charge in [-0.3, -0.25) is 5.32 Å². The standard InChI is InChI=1S/C15H22N2O4/c1-14(2,3)21-13(19)17-11-6-5-10(18)7-12(11)20-15(4)8-16-9-15/h5-7,16,18H,8-9H2,1-4H3,(H,17,19). The molecule has 1 saturated heterocycles. The van der Waals surface area contributed by atoms with Crippen molar-refractivity contribution in [2.75, 3.05) is 18.4 Å². The van der Waals surface area contributed by atoms with Crippen LogP contribution in [0.25, 0.3) is 0 Å². The highest BCUT2D eigenvalue weighted by Gasteiger charge is 2.34. The summed E-state index contributed by atoms with van der Waals surface area (Å²) in [5, 5.41) is 15.4. The minimum atomic E-state index is -0.577. The lowest BCUT2D eigenvalue weighted by Gasteiger charge is -2.39. The van der Waals surface area contributed by atoms with E-state index in [1.54, 1.807) is 26.8 Å². The number of rotatable bonds is 3. The summed E-state index contributed by atoms with van der Waals surface area (Å²) in [5.41, 5.74) is -0.445. The molecule has 0 spiro atoms. The van der Waals surface area contributed by atoms with Crippen molar-refractivity contribution in [2.24, 2.45) is 0 Å². The van der Waals surface area contributed by atoms with Crippen molar-refractivity contribution in [1.82, 2.24) is 5.32 Å². The molecular formula is C15H22N2O4. The lowest BCUT2D eigenvalue weighted by Crippen LogP contribution is -2.61. The van der Waals surface area contributed by atoms with E-state index in [-0.39, 0.29) is 11.4 Å². The molecule has 0 aromatic heterocycles. The molecule has 1 aliphatic rings. The Hall–Kier alpha value is -1.95. The second-order valence-corrected chi connectivity index (χ2v) is 6.46. The average molecular weight is 294 g/mol. The predicted molar refractivity (Wildman–Crippen MR) is 79.9 cm³/mol. The molecule has 0 bridgehead atoms. The Morgan fingerprint density at radius 2 is 2.05 bits per heavy atom. The summed E-state index contributed by atoms with van der Waals surface area (Å²) in [6, 6.07) is 4.56. The summed E-state index contributed by atoms with van der Waals surface area (Å²) in [5.74, 6) is 0.500. The third-order valence-corrected chi connectivity index (χ3v) is 2.96. The second-order valence-electron chi connectivity index (χ2n) is 6.46. The molecule has 21 heavy (non-hydrogen) atoms. The maximum atomic E-state index is 11.9. The number of carbonyl (C=O) groups is 1. The Labute approximate surface area is 124 Å². The molecule has 116 valence electrons. The molecule has 0 unspecified atom stereocenters. The molecule has 0 aliphatic carbocycles. The molecule has 0 atom stereocenters. The highest BCUT2D eigenvalue weighted by Crippen LogP contribution is 2.33. The Morgan fingerprint density at radius 1 is 1.38 bits per heavy atom. The number of amides is 1. The lowest BCUT2D eigenvalue weighted by atomic mass is 10.00. The monoisotopic (exact) mass is 294 g/mol. The van der Waals surface area contributed by atoms with Crippen molar-refractivity contribution in [3.63, 3.8) is 0 Å². The molecule has 1 aliphatic heterocycles. The van der Waals surface area contributed by atoms with Crippen molar-refractivity contribution < 1.29 is 19.4 Å². The van der Waals surface area contributed by atoms with Gasteiger partial charge in [0, 0.05) is 19.2 Å². The summed E-state index contributed by atoms with van der Waals surface area (Å²) in [6.07, 6.45) is -0.560. The van der Waals surface area contributed by atoms with Gasteiger partial charge in [-0.1, -0.05) is 0 Å². The minimum Gasteiger partial charge on any atom is -0.508 e. The van der Waals surface area contributed by atoms with Gasteiger partial charge in [-0.2, -0.15) is 0 Å². The van der Waals surface area contributed by atoms with E-state index < -0.39 is 11.7 Å². The fraction of sp³-hybridized carbons (Fsp3) is 0.533. The molecule has 1 fully saturated rings. The van der Waals surface area contributed by atoms with Crippen LogP contribution in [0.5, 0.6) is 11.5 Å². The second kappa shape index (κ2) is 5.44. The Balaban J connectivity index is 2.13. The Kier molecular flexibility index (Phi) is 4.00. The summed E-state index contributed by atoms with van der Waals surface area (Å²) in [7, 11) is 0. The van der Waals surface area contributed by atoms with Crippen LogP contribution in [0.15, 0.2) is 18.2 Å². The summed E-state index contributed by atoms with van der Waals surface area (Å²) in [4.78, 5) is 11.9. The van der Waals surface area contributed by atoms with E-state index in [9.17, 15) is 9.90 Å². The van der Waals surface area contributed by atoms with Crippen LogP contribution in [0.3, 0.4) is 0 Å². The molecule has 6 nitrogen and oxygen atoms in total. The van der Waals surface area contributed by atoms with Crippen LogP contribution >= 0.6 is 0 Å². The van der Waals surface area contributed by atoms with Gasteiger partial charge in [-0.15, -0.1) is 0 Å². The van der Waals surface area contributed by atoms with E-state index in [4.69, 9.17) is 9.47 Å². The number of anilines is 1. The molecule has 0 radical (unpaired) electrons. The SMILES string of the molecule is CC(C)(C)OC(=O)Nc1ccc(O)cc1OC1(C)CNC1. The quantitative estimate of drug-likeness (QED) is 0.746. The van der Waals surface area contributed by atoms with E-state index in [1.807, 2.05) is 6.92 Å². The number of phenols is 1. The van der Waals surface area contributed by atoms with Gasteiger partial charge < -0.3 is 19.9 Å². The normalized spacial score (nSPS) is 16.8. The van der Waals surface area contributed by atoms with Crippen molar-refractivity contribution in [2.45, 2.75) is 38.9 Å². The summed E-state index contributed by atoms with van der Waals surface area (Å²) in [6.45, 7) is 8.78. The van der Waals surface area contributed by atoms with Crippen LogP contribution in [0.4, 0.5) is 10.5 Å². The summed E-state index contributed by atoms with van der Waals surface area (Å²) < 4.78 is 11.1. The molecule has 6 heteroatoms. The van der Waals surface area contributed by atoms with E-state index in [2.05, 4.69) is 10.6 Å². The van der Waals surface area contributed by atoms with E-state index in [1.165, 1.54) is 12.1 Å². The topological polar surface area (TPSA) is 79.8 Å². The fourth-order valence-electron chi connectivity index (χ4n) is 1.93. The first-order chi connectivity index (χ1) is 9.67. The maximum Gasteiger partial charge on any atom is 0.412 e. The number of hydrogen-bond donors (Lipinski definition) is 3. The molecule has 1 amide bonds. The van der Waals surface area contributed by atoms with Crippen molar-refractivity contribution >= 4 is 11.8 Å². The lowest BCUT2D eigenvalue weighted by molar-refractivity contribution is 0.0350. The first kappa shape index (κ1) is 15.4. The van der Waals surface area contributed by atoms with Gasteiger partial charge in [0.25, 0.3) is 0 Å². The number of carbonyl (C=O) groups excluding carboxylic acids is 1. The molecule has 1 aromatic carbocycles. The number of ether oxygens (including phenoxy) is 2. The van der Waals surface area contributed by atoms with Crippen LogP contribution in [0, 0.1) is 0 Å². The first-order valence-corrected chi connectivity index (χ1v) is 6.90. The molecule has 1 aromatic rings. The molecule has 0 saturated carbocycles. The Bertz CT molecular complexity index is 533. The number of phenolic OH excluding ortho intramolecular Hbond substituents is 1. The van der Waals surface area contributed by atoms with Crippen LogP contribution in [0.1, 0.15) is 27.7 Å². The number of nitrogens with one attached hydrogen (secondary N) is 2. The van der Waals surface area contributed by atoms with Crippen molar-refractivity contribution in [1.29, 1.82) is 0 Å². The van der Waals surface area contributed by atoms with Crippen LogP contribution in [-0.2, 0) is 4.74 Å². The third-order valence-electron chi connectivity index (χ3n) is 2.96. The first-order valence-electron chi connectivity index (χ1n) is 6.90. The van der Waals surface area contributed by atoms with E-state index in [0.717, 1.165) is 0 Å². The molecule has 1 heterocycles. The molecule has 2 rings (SSSR count). The zero-order valence-electron chi connectivity index (χ0n) is 12.8. The van der Waals surface area contributed by atoms with Gasteiger partial charge in [0.2, 0.25) is 0 Å². The number of aromatic hydroxyl groups is 1. The number of hydrogen-bond acceptors (Lipinski definition) is 5. The minimum absolute atomic E-state index is 0.0793. The number of benzene rings is 1. The van der Waals surface area contributed by atoms with Crippen LogP contribution in [0.2, 0.25) is 0 Å². The largest absolute Gasteiger partial charge is 0.508 e. The van der Waals surface area contributed by atoms with E-state index >= 15 is 0 Å². The smallest absolute Gasteiger partial charge is 0.412 e. The van der Waals surface area contributed by atoms with Gasteiger partial charge in [-0.25, -0.2) is 4.79 Å². The molecule has 3 N–H and O–H groups in total. The highest BCUT2D eigenvalue weighted by molar-refractivity contribution is 5.87. The summed E-state index contributed by atoms with van der Waals surface area (Å²) >= 11 is 0. The third kappa shape index (κ3) is 4.26. The molecular weight excluding hydrogens is 272 g/mol. The van der Waals surface area contributed by atoms with Gasteiger partial charge in [0.15, 0.2) is 0 Å². The van der Waals surface area contributed by atoms with Crippen LogP contribution < -0.4 is 15.4 Å². The van der Waals surface area contributed by atoms with Crippen LogP contribution in [-0.4, -0.2) is 35.5 Å². The zero-order chi connectivity index (χ0) is 15.7. The van der Waals surface area contributed by atoms with E-state index in [0.29, 0.717) is 24.5 Å².